The quantitative estimate of drug-likeness (QED) is 0.879. The molecule has 0 aliphatic rings. The fraction of sp³-hybridized carbons (Fsp3) is 0.333. The number of benzene rings is 1. The summed E-state index contributed by atoms with van der Waals surface area (Å²) in [6.07, 6.45) is -2.80. The van der Waals surface area contributed by atoms with Crippen LogP contribution in [0.5, 0.6) is 0 Å². The zero-order valence-electron chi connectivity index (χ0n) is 11.2. The second kappa shape index (κ2) is 5.71. The summed E-state index contributed by atoms with van der Waals surface area (Å²) in [4.78, 5) is 0. The lowest BCUT2D eigenvalue weighted by Gasteiger charge is -2.22. The predicted octanol–water partition coefficient (Wildman–Crippen LogP) is 4.71. The highest BCUT2D eigenvalue weighted by molar-refractivity contribution is 5.32. The Balaban J connectivity index is 2.19. The third-order valence-corrected chi connectivity index (χ3v) is 3.20. The molecule has 108 valence electrons. The minimum atomic E-state index is -4.35. The summed E-state index contributed by atoms with van der Waals surface area (Å²) in [5, 5.41) is 3.12. The van der Waals surface area contributed by atoms with Crippen molar-refractivity contribution >= 4 is 0 Å². The Morgan fingerprint density at radius 2 is 1.70 bits per heavy atom. The molecule has 0 bridgehead atoms. The van der Waals surface area contributed by atoms with Crippen molar-refractivity contribution in [1.82, 2.24) is 5.32 Å². The monoisotopic (exact) mass is 283 g/mol. The third kappa shape index (κ3) is 3.22. The first kappa shape index (κ1) is 14.7. The summed E-state index contributed by atoms with van der Waals surface area (Å²) in [6, 6.07) is 8.55. The van der Waals surface area contributed by atoms with E-state index in [0.29, 0.717) is 5.76 Å². The number of halogens is 3. The summed E-state index contributed by atoms with van der Waals surface area (Å²) in [5.74, 6) is 0.696. The van der Waals surface area contributed by atoms with Gasteiger partial charge in [0, 0.05) is 6.04 Å². The second-order valence-electron chi connectivity index (χ2n) is 4.71. The van der Waals surface area contributed by atoms with E-state index < -0.39 is 17.8 Å². The number of rotatable bonds is 4. The maximum atomic E-state index is 13.0. The van der Waals surface area contributed by atoms with Crippen molar-refractivity contribution in [3.63, 3.8) is 0 Å². The van der Waals surface area contributed by atoms with E-state index in [-0.39, 0.29) is 11.6 Å². The molecule has 0 saturated heterocycles. The molecule has 0 aliphatic heterocycles. The normalized spacial score (nSPS) is 15.1. The molecule has 1 N–H and O–H groups in total. The van der Waals surface area contributed by atoms with Crippen molar-refractivity contribution in [2.75, 3.05) is 0 Å². The number of alkyl halides is 3. The van der Waals surface area contributed by atoms with E-state index in [4.69, 9.17) is 4.42 Å². The minimum Gasteiger partial charge on any atom is -0.468 e. The highest BCUT2D eigenvalue weighted by Gasteiger charge is 2.34. The maximum Gasteiger partial charge on any atom is 0.416 e. The fourth-order valence-corrected chi connectivity index (χ4v) is 2.22. The molecule has 2 aromatic rings. The molecule has 0 saturated carbocycles. The van der Waals surface area contributed by atoms with Gasteiger partial charge in [0.05, 0.1) is 17.9 Å². The van der Waals surface area contributed by atoms with Gasteiger partial charge in [0.15, 0.2) is 0 Å². The van der Waals surface area contributed by atoms with Crippen molar-refractivity contribution in [3.05, 3.63) is 59.5 Å². The molecule has 0 fully saturated rings. The van der Waals surface area contributed by atoms with Crippen molar-refractivity contribution in [2.24, 2.45) is 0 Å². The first-order chi connectivity index (χ1) is 9.39. The van der Waals surface area contributed by atoms with Crippen LogP contribution in [0.4, 0.5) is 13.2 Å². The lowest BCUT2D eigenvalue weighted by Crippen LogP contribution is -2.24. The van der Waals surface area contributed by atoms with Crippen LogP contribution in [0.3, 0.4) is 0 Å². The van der Waals surface area contributed by atoms with Crippen LogP contribution in [-0.2, 0) is 6.18 Å². The van der Waals surface area contributed by atoms with Crippen LogP contribution in [0.2, 0.25) is 0 Å². The van der Waals surface area contributed by atoms with Crippen LogP contribution >= 0.6 is 0 Å². The summed E-state index contributed by atoms with van der Waals surface area (Å²) in [5.41, 5.74) is -0.370. The van der Waals surface area contributed by atoms with E-state index in [1.807, 2.05) is 6.92 Å². The molecule has 0 spiro atoms. The Morgan fingerprint density at radius 1 is 1.00 bits per heavy atom. The second-order valence-corrected chi connectivity index (χ2v) is 4.71. The Kier molecular flexibility index (Phi) is 4.18. The van der Waals surface area contributed by atoms with Gasteiger partial charge in [-0.05, 0) is 37.6 Å². The number of nitrogens with one attached hydrogen (secondary N) is 1. The first-order valence-electron chi connectivity index (χ1n) is 6.35. The molecule has 1 unspecified atom stereocenters. The molecule has 1 aromatic heterocycles. The van der Waals surface area contributed by atoms with Crippen LogP contribution < -0.4 is 5.32 Å². The number of furan rings is 1. The summed E-state index contributed by atoms with van der Waals surface area (Å²) in [6.45, 7) is 3.57. The molecule has 0 radical (unpaired) electrons. The molecule has 1 heterocycles. The highest BCUT2D eigenvalue weighted by Crippen LogP contribution is 2.35. The molecule has 5 heteroatoms. The third-order valence-electron chi connectivity index (χ3n) is 3.20. The Morgan fingerprint density at radius 3 is 2.30 bits per heavy atom. The van der Waals surface area contributed by atoms with Gasteiger partial charge in [-0.3, -0.25) is 0 Å². The van der Waals surface area contributed by atoms with E-state index in [0.717, 1.165) is 6.07 Å². The van der Waals surface area contributed by atoms with E-state index >= 15 is 0 Å². The Labute approximate surface area is 115 Å². The van der Waals surface area contributed by atoms with E-state index in [1.54, 1.807) is 31.4 Å². The van der Waals surface area contributed by atoms with Gasteiger partial charge in [0.25, 0.3) is 0 Å². The summed E-state index contributed by atoms with van der Waals surface area (Å²) in [7, 11) is 0. The smallest absolute Gasteiger partial charge is 0.416 e. The molecule has 2 atom stereocenters. The van der Waals surface area contributed by atoms with Gasteiger partial charge in [-0.1, -0.05) is 18.2 Å². The molecule has 0 aliphatic carbocycles. The van der Waals surface area contributed by atoms with Crippen LogP contribution in [-0.4, -0.2) is 0 Å². The van der Waals surface area contributed by atoms with Crippen molar-refractivity contribution in [1.29, 1.82) is 0 Å². The average molecular weight is 283 g/mol. The van der Waals surface area contributed by atoms with Gasteiger partial charge in [-0.15, -0.1) is 0 Å². The fourth-order valence-electron chi connectivity index (χ4n) is 2.22. The van der Waals surface area contributed by atoms with Crippen molar-refractivity contribution in [3.8, 4) is 0 Å². The van der Waals surface area contributed by atoms with Crippen LogP contribution in [0.1, 0.15) is 42.8 Å². The molecule has 2 nitrogen and oxygen atoms in total. The number of hydrogen-bond donors (Lipinski definition) is 1. The van der Waals surface area contributed by atoms with Crippen LogP contribution in [0.25, 0.3) is 0 Å². The van der Waals surface area contributed by atoms with Crippen molar-refractivity contribution in [2.45, 2.75) is 32.1 Å². The largest absolute Gasteiger partial charge is 0.468 e. The lowest BCUT2D eigenvalue weighted by atomic mass is 10.00. The standard InChI is InChI=1S/C15H16F3NO/c1-10(19-11(2)14-8-5-9-20-14)12-6-3-4-7-13(12)15(16,17)18/h3-11,19H,1-2H3/t10?,11-/m1/s1. The van der Waals surface area contributed by atoms with Gasteiger partial charge >= 0.3 is 6.18 Å². The van der Waals surface area contributed by atoms with Gasteiger partial charge in [0.1, 0.15) is 5.76 Å². The molecular weight excluding hydrogens is 267 g/mol. The zero-order chi connectivity index (χ0) is 14.8. The van der Waals surface area contributed by atoms with Crippen molar-refractivity contribution < 1.29 is 17.6 Å². The average Bonchev–Trinajstić information content (AvgIpc) is 2.91. The van der Waals surface area contributed by atoms with Gasteiger partial charge < -0.3 is 9.73 Å². The van der Waals surface area contributed by atoms with Gasteiger partial charge in [0.2, 0.25) is 0 Å². The predicted molar refractivity (Wildman–Crippen MR) is 70.1 cm³/mol. The first-order valence-corrected chi connectivity index (χ1v) is 6.35. The minimum absolute atomic E-state index is 0.165. The SMILES string of the molecule is CC(N[C@H](C)c1ccco1)c1ccccc1C(F)(F)F. The maximum absolute atomic E-state index is 13.0. The Bertz CT molecular complexity index is 548. The van der Waals surface area contributed by atoms with Gasteiger partial charge in [-0.25, -0.2) is 0 Å². The number of hydrogen-bond acceptors (Lipinski definition) is 2. The summed E-state index contributed by atoms with van der Waals surface area (Å²) >= 11 is 0. The van der Waals surface area contributed by atoms with E-state index in [2.05, 4.69) is 5.32 Å². The lowest BCUT2D eigenvalue weighted by molar-refractivity contribution is -0.138. The molecule has 2 rings (SSSR count). The van der Waals surface area contributed by atoms with Gasteiger partial charge in [-0.2, -0.15) is 13.2 Å². The van der Waals surface area contributed by atoms with E-state index in [9.17, 15) is 13.2 Å². The van der Waals surface area contributed by atoms with E-state index in [1.165, 1.54) is 12.1 Å². The van der Waals surface area contributed by atoms with Crippen LogP contribution in [0, 0.1) is 0 Å². The molecule has 0 amide bonds. The molecule has 1 aromatic carbocycles. The topological polar surface area (TPSA) is 25.2 Å². The molecule has 20 heavy (non-hydrogen) atoms. The zero-order valence-corrected chi connectivity index (χ0v) is 11.2. The summed E-state index contributed by atoms with van der Waals surface area (Å²) < 4.78 is 44.2. The molecular formula is C15H16F3NO. The Hall–Kier alpha value is -1.75. The highest BCUT2D eigenvalue weighted by atomic mass is 19.4. The van der Waals surface area contributed by atoms with Crippen LogP contribution in [0.15, 0.2) is 47.1 Å².